The van der Waals surface area contributed by atoms with E-state index in [1.165, 1.54) is 19.2 Å². The van der Waals surface area contributed by atoms with Crippen molar-refractivity contribution in [3.8, 4) is 5.75 Å². The maximum atomic E-state index is 13.0. The molecule has 1 aliphatic heterocycles. The SMILES string of the molecule is CCc1cnc(N(CCCC2Oc3cc(CC(=O)OC)ccc3CC2C)Cc2ccc(C(F)(F)F)cc2)nc1. The second-order valence-corrected chi connectivity index (χ2v) is 10.0. The van der Waals surface area contributed by atoms with Gasteiger partial charge in [0, 0.05) is 25.5 Å². The molecule has 0 saturated heterocycles. The summed E-state index contributed by atoms with van der Waals surface area (Å²) in [6, 6.07) is 11.1. The molecule has 2 heterocycles. The van der Waals surface area contributed by atoms with Crippen LogP contribution in [0, 0.1) is 5.92 Å². The van der Waals surface area contributed by atoms with Crippen LogP contribution >= 0.6 is 0 Å². The molecular formula is C30H34F3N3O3. The smallest absolute Gasteiger partial charge is 0.416 e. The van der Waals surface area contributed by atoms with E-state index in [4.69, 9.17) is 9.47 Å². The van der Waals surface area contributed by atoms with Crippen LogP contribution < -0.4 is 9.64 Å². The topological polar surface area (TPSA) is 64.6 Å². The summed E-state index contributed by atoms with van der Waals surface area (Å²) in [5.74, 6) is 1.37. The molecule has 9 heteroatoms. The highest BCUT2D eigenvalue weighted by Gasteiger charge is 2.30. The normalized spacial score (nSPS) is 16.8. The molecule has 1 aromatic heterocycles. The molecule has 3 aromatic rings. The van der Waals surface area contributed by atoms with Crippen molar-refractivity contribution < 1.29 is 27.4 Å². The number of anilines is 1. The van der Waals surface area contributed by atoms with Crippen LogP contribution in [0.4, 0.5) is 19.1 Å². The lowest BCUT2D eigenvalue weighted by molar-refractivity contribution is -0.140. The minimum absolute atomic E-state index is 0.00202. The Bertz CT molecular complexity index is 1250. The van der Waals surface area contributed by atoms with Gasteiger partial charge >= 0.3 is 12.1 Å². The molecule has 39 heavy (non-hydrogen) atoms. The average Bonchev–Trinajstić information content (AvgIpc) is 2.92. The van der Waals surface area contributed by atoms with Crippen molar-refractivity contribution in [1.82, 2.24) is 9.97 Å². The Morgan fingerprint density at radius 1 is 1.08 bits per heavy atom. The minimum atomic E-state index is -4.37. The quantitative estimate of drug-likeness (QED) is 0.285. The molecule has 208 valence electrons. The van der Waals surface area contributed by atoms with Crippen molar-refractivity contribution in [3.05, 3.63) is 82.7 Å². The Morgan fingerprint density at radius 3 is 2.41 bits per heavy atom. The standard InChI is InChI=1S/C30H34F3N3O3/c1-4-21-17-34-29(35-18-21)36(19-22-8-11-25(12-9-22)30(31,32)33)13-5-6-26-20(2)14-24-10-7-23(15-27(24)39-26)16-28(37)38-3/h7-12,15,17-18,20,26H,4-6,13-14,16,19H2,1-3H3. The van der Waals surface area contributed by atoms with Crippen molar-refractivity contribution in [2.45, 2.75) is 64.8 Å². The van der Waals surface area contributed by atoms with Crippen LogP contribution in [-0.4, -0.2) is 35.7 Å². The number of hydrogen-bond donors (Lipinski definition) is 0. The summed E-state index contributed by atoms with van der Waals surface area (Å²) in [5.41, 5.74) is 3.08. The van der Waals surface area contributed by atoms with Crippen LogP contribution in [0.1, 0.15) is 54.5 Å². The molecule has 0 N–H and O–H groups in total. The molecule has 2 unspecified atom stereocenters. The van der Waals surface area contributed by atoms with Crippen molar-refractivity contribution in [3.63, 3.8) is 0 Å². The van der Waals surface area contributed by atoms with Gasteiger partial charge < -0.3 is 14.4 Å². The van der Waals surface area contributed by atoms with Gasteiger partial charge in [0.25, 0.3) is 0 Å². The zero-order valence-electron chi connectivity index (χ0n) is 22.5. The van der Waals surface area contributed by atoms with Gasteiger partial charge in [-0.1, -0.05) is 38.1 Å². The number of nitrogens with zero attached hydrogens (tertiary/aromatic N) is 3. The maximum absolute atomic E-state index is 13.0. The molecule has 0 saturated carbocycles. The van der Waals surface area contributed by atoms with Crippen molar-refractivity contribution in [2.75, 3.05) is 18.6 Å². The number of benzene rings is 2. The molecule has 6 nitrogen and oxygen atoms in total. The first-order chi connectivity index (χ1) is 18.7. The second-order valence-electron chi connectivity index (χ2n) is 10.0. The number of esters is 1. The number of alkyl halides is 3. The molecule has 0 fully saturated rings. The fourth-order valence-electron chi connectivity index (χ4n) is 4.77. The molecular weight excluding hydrogens is 507 g/mol. The number of aromatic nitrogens is 2. The molecule has 4 rings (SSSR count). The van der Waals surface area contributed by atoms with Crippen LogP contribution in [0.25, 0.3) is 0 Å². The summed E-state index contributed by atoms with van der Waals surface area (Å²) in [4.78, 5) is 22.7. The van der Waals surface area contributed by atoms with Crippen LogP contribution in [0.2, 0.25) is 0 Å². The molecule has 0 aliphatic carbocycles. The number of halogens is 3. The van der Waals surface area contributed by atoms with E-state index in [1.807, 2.05) is 30.0 Å². The first-order valence-corrected chi connectivity index (χ1v) is 13.2. The second kappa shape index (κ2) is 12.5. The van der Waals surface area contributed by atoms with Crippen molar-refractivity contribution in [2.24, 2.45) is 5.92 Å². The molecule has 0 radical (unpaired) electrons. The third kappa shape index (κ3) is 7.49. The fourth-order valence-corrected chi connectivity index (χ4v) is 4.77. The summed E-state index contributed by atoms with van der Waals surface area (Å²) in [6.45, 7) is 5.21. The van der Waals surface area contributed by atoms with Crippen LogP contribution in [0.3, 0.4) is 0 Å². The lowest BCUT2D eigenvalue weighted by Gasteiger charge is -2.32. The molecule has 1 aliphatic rings. The van der Waals surface area contributed by atoms with Gasteiger partial charge in [0.05, 0.1) is 19.1 Å². The highest BCUT2D eigenvalue weighted by molar-refractivity contribution is 5.72. The predicted octanol–water partition coefficient (Wildman–Crippen LogP) is 6.20. The minimum Gasteiger partial charge on any atom is -0.490 e. The molecule has 2 aromatic carbocycles. The Morgan fingerprint density at radius 2 is 1.77 bits per heavy atom. The highest BCUT2D eigenvalue weighted by Crippen LogP contribution is 2.34. The van der Waals surface area contributed by atoms with Gasteiger partial charge in [-0.2, -0.15) is 13.2 Å². The maximum Gasteiger partial charge on any atom is 0.416 e. The zero-order valence-corrected chi connectivity index (χ0v) is 22.5. The summed E-state index contributed by atoms with van der Waals surface area (Å²) < 4.78 is 50.2. The highest BCUT2D eigenvalue weighted by atomic mass is 19.4. The van der Waals surface area contributed by atoms with E-state index in [0.717, 1.165) is 65.8 Å². The van der Waals surface area contributed by atoms with Gasteiger partial charge in [0.2, 0.25) is 5.95 Å². The predicted molar refractivity (Wildman–Crippen MR) is 143 cm³/mol. The van der Waals surface area contributed by atoms with Gasteiger partial charge in [-0.15, -0.1) is 0 Å². The van der Waals surface area contributed by atoms with Gasteiger partial charge in [0.1, 0.15) is 11.9 Å². The monoisotopic (exact) mass is 541 g/mol. The van der Waals surface area contributed by atoms with Gasteiger partial charge in [-0.25, -0.2) is 9.97 Å². The first-order valence-electron chi connectivity index (χ1n) is 13.2. The number of fused-ring (bicyclic) bond motifs is 1. The summed E-state index contributed by atoms with van der Waals surface area (Å²) in [5, 5.41) is 0. The molecule has 0 bridgehead atoms. The van der Waals surface area contributed by atoms with Crippen molar-refractivity contribution in [1.29, 1.82) is 0 Å². The Kier molecular flexibility index (Phi) is 9.09. The number of rotatable bonds is 10. The average molecular weight is 542 g/mol. The van der Waals surface area contributed by atoms with E-state index in [-0.39, 0.29) is 18.5 Å². The molecule has 2 atom stereocenters. The fraction of sp³-hybridized carbons (Fsp3) is 0.433. The number of ether oxygens (including phenoxy) is 2. The van der Waals surface area contributed by atoms with E-state index in [0.29, 0.717) is 25.0 Å². The van der Waals surface area contributed by atoms with Crippen LogP contribution in [0.5, 0.6) is 5.75 Å². The van der Waals surface area contributed by atoms with Gasteiger partial charge in [-0.05, 0) is 72.1 Å². The zero-order chi connectivity index (χ0) is 28.0. The van der Waals surface area contributed by atoms with E-state index in [1.54, 1.807) is 12.4 Å². The Labute approximate surface area is 227 Å². The Hall–Kier alpha value is -3.62. The lowest BCUT2D eigenvalue weighted by Crippen LogP contribution is -2.33. The number of hydrogen-bond acceptors (Lipinski definition) is 6. The number of methoxy groups -OCH3 is 1. The number of carbonyl (C=O) groups is 1. The number of aryl methyl sites for hydroxylation is 1. The van der Waals surface area contributed by atoms with E-state index in [9.17, 15) is 18.0 Å². The number of carbonyl (C=O) groups excluding carboxylic acids is 1. The molecule has 0 spiro atoms. The van der Waals surface area contributed by atoms with Crippen LogP contribution in [-0.2, 0) is 41.5 Å². The third-order valence-electron chi connectivity index (χ3n) is 7.12. The third-order valence-corrected chi connectivity index (χ3v) is 7.12. The van der Waals surface area contributed by atoms with Crippen molar-refractivity contribution >= 4 is 11.9 Å². The molecule has 0 amide bonds. The van der Waals surface area contributed by atoms with E-state index < -0.39 is 11.7 Å². The summed E-state index contributed by atoms with van der Waals surface area (Å²) in [7, 11) is 1.37. The van der Waals surface area contributed by atoms with E-state index in [2.05, 4.69) is 16.9 Å². The van der Waals surface area contributed by atoms with Gasteiger partial charge in [-0.3, -0.25) is 4.79 Å². The Balaban J connectivity index is 1.43. The summed E-state index contributed by atoms with van der Waals surface area (Å²) >= 11 is 0. The van der Waals surface area contributed by atoms with E-state index >= 15 is 0 Å². The first kappa shape index (κ1) is 28.4. The largest absolute Gasteiger partial charge is 0.490 e. The lowest BCUT2D eigenvalue weighted by atomic mass is 9.89. The summed E-state index contributed by atoms with van der Waals surface area (Å²) in [6.07, 6.45) is 2.69. The van der Waals surface area contributed by atoms with Crippen LogP contribution in [0.15, 0.2) is 54.9 Å². The van der Waals surface area contributed by atoms with Gasteiger partial charge in [0.15, 0.2) is 0 Å².